The number of nitrogens with zero attached hydrogens (tertiary/aromatic N) is 7. The summed E-state index contributed by atoms with van der Waals surface area (Å²) in [6.45, 7) is 5.23. The molecule has 0 spiro atoms. The first-order chi connectivity index (χ1) is 12.4. The molecule has 0 bridgehead atoms. The summed E-state index contributed by atoms with van der Waals surface area (Å²) < 4.78 is 0. The lowest BCUT2D eigenvalue weighted by molar-refractivity contribution is 0.635. The molecule has 27 heavy (non-hydrogen) atoms. The number of halogens is 2. The van der Waals surface area contributed by atoms with E-state index in [-0.39, 0.29) is 24.8 Å². The predicted octanol–water partition coefficient (Wildman–Crippen LogP) is 0.997. The van der Waals surface area contributed by atoms with E-state index in [1.54, 1.807) is 18.7 Å². The number of piperazine rings is 1. The number of anilines is 2. The van der Waals surface area contributed by atoms with Gasteiger partial charge >= 0.3 is 0 Å². The SMILES string of the molecule is Cl.Cl.N#Cc1nccnc1N1CCN(c2ncnc3c2CCNCC3)CC1. The zero-order valence-electron chi connectivity index (χ0n) is 14.8. The molecule has 0 atom stereocenters. The fourth-order valence-corrected chi connectivity index (χ4v) is 3.50. The van der Waals surface area contributed by atoms with E-state index in [0.717, 1.165) is 63.6 Å². The first kappa shape index (κ1) is 21.1. The minimum absolute atomic E-state index is 0. The molecule has 0 aliphatic carbocycles. The number of nitrogens with one attached hydrogen (secondary N) is 1. The predicted molar refractivity (Wildman–Crippen MR) is 108 cm³/mol. The number of aromatic nitrogens is 4. The molecule has 1 saturated heterocycles. The summed E-state index contributed by atoms with van der Waals surface area (Å²) in [7, 11) is 0. The van der Waals surface area contributed by atoms with Gasteiger partial charge in [-0.3, -0.25) is 0 Å². The van der Waals surface area contributed by atoms with E-state index in [0.29, 0.717) is 11.5 Å². The molecule has 4 heterocycles. The van der Waals surface area contributed by atoms with E-state index in [9.17, 15) is 5.26 Å². The van der Waals surface area contributed by atoms with Crippen LogP contribution in [0.2, 0.25) is 0 Å². The summed E-state index contributed by atoms with van der Waals surface area (Å²) in [5, 5.41) is 12.7. The topological polar surface area (TPSA) is 93.9 Å². The molecular weight excluding hydrogens is 387 g/mol. The number of fused-ring (bicyclic) bond motifs is 1. The van der Waals surface area contributed by atoms with Gasteiger partial charge in [0.15, 0.2) is 11.5 Å². The van der Waals surface area contributed by atoms with Crippen LogP contribution >= 0.6 is 24.8 Å². The minimum Gasteiger partial charge on any atom is -0.353 e. The van der Waals surface area contributed by atoms with Crippen LogP contribution in [0.1, 0.15) is 17.0 Å². The van der Waals surface area contributed by atoms with Crippen LogP contribution in [0.5, 0.6) is 0 Å². The molecule has 2 aliphatic rings. The van der Waals surface area contributed by atoms with Crippen LogP contribution in [-0.4, -0.2) is 59.2 Å². The van der Waals surface area contributed by atoms with Crippen LogP contribution in [-0.2, 0) is 12.8 Å². The molecule has 4 rings (SSSR count). The number of hydrogen-bond donors (Lipinski definition) is 1. The van der Waals surface area contributed by atoms with Gasteiger partial charge in [0.05, 0.1) is 5.69 Å². The third-order valence-corrected chi connectivity index (χ3v) is 4.77. The molecule has 0 unspecified atom stereocenters. The number of hydrogen-bond acceptors (Lipinski definition) is 8. The molecule has 1 N–H and O–H groups in total. The Kier molecular flexibility index (Phi) is 7.54. The number of rotatable bonds is 2. The summed E-state index contributed by atoms with van der Waals surface area (Å²) in [4.78, 5) is 22.0. The van der Waals surface area contributed by atoms with Crippen molar-refractivity contribution in [3.05, 3.63) is 35.7 Å². The Balaban J connectivity index is 0.00000131. The molecule has 144 valence electrons. The molecule has 0 radical (unpaired) electrons. The molecule has 1 fully saturated rings. The summed E-state index contributed by atoms with van der Waals surface area (Å²) in [5.74, 6) is 1.74. The third-order valence-electron chi connectivity index (χ3n) is 4.77. The molecule has 2 aromatic rings. The van der Waals surface area contributed by atoms with Gasteiger partial charge in [-0.2, -0.15) is 5.26 Å². The second-order valence-corrected chi connectivity index (χ2v) is 6.19. The largest absolute Gasteiger partial charge is 0.353 e. The van der Waals surface area contributed by atoms with Crippen molar-refractivity contribution < 1.29 is 0 Å². The lowest BCUT2D eigenvalue weighted by Crippen LogP contribution is -2.47. The molecule has 10 heteroatoms. The minimum atomic E-state index is 0. The van der Waals surface area contributed by atoms with Gasteiger partial charge in [-0.15, -0.1) is 24.8 Å². The zero-order chi connectivity index (χ0) is 17.1. The van der Waals surface area contributed by atoms with Crippen LogP contribution in [0, 0.1) is 11.3 Å². The van der Waals surface area contributed by atoms with Gasteiger partial charge in [-0.25, -0.2) is 19.9 Å². The van der Waals surface area contributed by atoms with Crippen molar-refractivity contribution in [1.29, 1.82) is 5.26 Å². The van der Waals surface area contributed by atoms with E-state index >= 15 is 0 Å². The molecule has 0 saturated carbocycles. The Hall–Kier alpha value is -2.21. The smallest absolute Gasteiger partial charge is 0.183 e. The second-order valence-electron chi connectivity index (χ2n) is 6.19. The Labute approximate surface area is 170 Å². The lowest BCUT2D eigenvalue weighted by Gasteiger charge is -2.37. The van der Waals surface area contributed by atoms with Crippen molar-refractivity contribution in [3.63, 3.8) is 0 Å². The average Bonchev–Trinajstić information content (AvgIpc) is 2.93. The molecule has 8 nitrogen and oxygen atoms in total. The van der Waals surface area contributed by atoms with Crippen molar-refractivity contribution >= 4 is 36.4 Å². The molecule has 2 aliphatic heterocycles. The average molecular weight is 409 g/mol. The Morgan fingerprint density at radius 3 is 2.26 bits per heavy atom. The Bertz CT molecular complexity index is 802. The highest BCUT2D eigenvalue weighted by atomic mass is 35.5. The van der Waals surface area contributed by atoms with Gasteiger partial charge < -0.3 is 15.1 Å². The van der Waals surface area contributed by atoms with Gasteiger partial charge in [0.1, 0.15) is 18.2 Å². The van der Waals surface area contributed by atoms with Crippen molar-refractivity contribution in [2.24, 2.45) is 0 Å². The fraction of sp³-hybridized carbons (Fsp3) is 0.471. The highest BCUT2D eigenvalue weighted by Crippen LogP contribution is 2.24. The van der Waals surface area contributed by atoms with Crippen molar-refractivity contribution in [2.75, 3.05) is 49.1 Å². The maximum Gasteiger partial charge on any atom is 0.183 e. The quantitative estimate of drug-likeness (QED) is 0.785. The third kappa shape index (κ3) is 4.38. The van der Waals surface area contributed by atoms with Crippen LogP contribution in [0.4, 0.5) is 11.6 Å². The lowest BCUT2D eigenvalue weighted by atomic mass is 10.1. The van der Waals surface area contributed by atoms with E-state index in [1.807, 2.05) is 0 Å². The van der Waals surface area contributed by atoms with Crippen LogP contribution in [0.3, 0.4) is 0 Å². The van der Waals surface area contributed by atoms with Gasteiger partial charge in [-0.05, 0) is 13.0 Å². The zero-order valence-corrected chi connectivity index (χ0v) is 16.5. The van der Waals surface area contributed by atoms with Crippen molar-refractivity contribution in [2.45, 2.75) is 12.8 Å². The highest BCUT2D eigenvalue weighted by molar-refractivity contribution is 5.85. The van der Waals surface area contributed by atoms with Gasteiger partial charge in [-0.1, -0.05) is 0 Å². The van der Waals surface area contributed by atoms with E-state index < -0.39 is 0 Å². The van der Waals surface area contributed by atoms with Crippen LogP contribution in [0.25, 0.3) is 0 Å². The molecule has 0 amide bonds. The Morgan fingerprint density at radius 2 is 1.52 bits per heavy atom. The molecular formula is C17H22Cl2N8. The summed E-state index contributed by atoms with van der Waals surface area (Å²) in [6.07, 6.45) is 6.80. The summed E-state index contributed by atoms with van der Waals surface area (Å²) in [6, 6.07) is 2.13. The van der Waals surface area contributed by atoms with Crippen LogP contribution < -0.4 is 15.1 Å². The van der Waals surface area contributed by atoms with Crippen molar-refractivity contribution in [1.82, 2.24) is 25.3 Å². The first-order valence-electron chi connectivity index (χ1n) is 8.61. The van der Waals surface area contributed by atoms with E-state index in [1.165, 1.54) is 5.56 Å². The standard InChI is InChI=1S/C17H20N8.2ClH/c18-11-15-17(21-6-5-20-15)25-9-7-24(8-10-25)16-13-1-3-19-4-2-14(13)22-12-23-16;;/h5-6,12,19H,1-4,7-10H2;2*1H. The normalized spacial score (nSPS) is 16.3. The van der Waals surface area contributed by atoms with Crippen molar-refractivity contribution in [3.8, 4) is 6.07 Å². The fourth-order valence-electron chi connectivity index (χ4n) is 3.50. The monoisotopic (exact) mass is 408 g/mol. The van der Waals surface area contributed by atoms with Gasteiger partial charge in [0.2, 0.25) is 0 Å². The van der Waals surface area contributed by atoms with E-state index in [2.05, 4.69) is 41.1 Å². The summed E-state index contributed by atoms with van der Waals surface area (Å²) >= 11 is 0. The second kappa shape index (κ2) is 9.65. The van der Waals surface area contributed by atoms with Crippen LogP contribution in [0.15, 0.2) is 18.7 Å². The highest BCUT2D eigenvalue weighted by Gasteiger charge is 2.24. The maximum atomic E-state index is 9.23. The van der Waals surface area contributed by atoms with Gasteiger partial charge in [0.25, 0.3) is 0 Å². The van der Waals surface area contributed by atoms with E-state index in [4.69, 9.17) is 0 Å². The van der Waals surface area contributed by atoms with Gasteiger partial charge in [0, 0.05) is 57.1 Å². The first-order valence-corrected chi connectivity index (χ1v) is 8.61. The molecule has 2 aromatic heterocycles. The summed E-state index contributed by atoms with van der Waals surface area (Å²) in [5.41, 5.74) is 2.83. The number of nitriles is 1. The maximum absolute atomic E-state index is 9.23. The molecule has 0 aromatic carbocycles. The Morgan fingerprint density at radius 1 is 0.852 bits per heavy atom.